The molecule has 0 spiro atoms. The van der Waals surface area contributed by atoms with Gasteiger partial charge in [-0.25, -0.2) is 4.79 Å². The van der Waals surface area contributed by atoms with Gasteiger partial charge in [0, 0.05) is 0 Å². The molecule has 1 heterocycles. The number of nitrogens with zero attached hydrogens (tertiary/aromatic N) is 1. The zero-order valence-electron chi connectivity index (χ0n) is 17.2. The molecule has 0 radical (unpaired) electrons. The van der Waals surface area contributed by atoms with E-state index >= 15 is 0 Å². The maximum atomic E-state index is 11.7. The van der Waals surface area contributed by atoms with Crippen molar-refractivity contribution in [2.75, 3.05) is 32.8 Å². The number of piperazine rings is 1. The standard InChI is InChI=1S/C21H42N2O2/c1-4-6-7-8-9-10-11-12-13-14-15-20(3)22-16-18-23(19-17-22)21(24)25-5-2/h20H,4-19H2,1-3H3/p+1. The number of carbonyl (C=O) groups excluding carboxylic acids is 1. The van der Waals surface area contributed by atoms with Gasteiger partial charge in [-0.05, 0) is 26.7 Å². The first kappa shape index (κ1) is 22.3. The Balaban J connectivity index is 1.97. The first-order valence-electron chi connectivity index (χ1n) is 10.9. The molecule has 0 aromatic rings. The van der Waals surface area contributed by atoms with Gasteiger partial charge in [0.15, 0.2) is 0 Å². The molecule has 1 N–H and O–H groups in total. The van der Waals surface area contributed by atoms with Crippen LogP contribution in [-0.4, -0.2) is 49.8 Å². The minimum Gasteiger partial charge on any atom is -0.450 e. The third-order valence-corrected chi connectivity index (χ3v) is 5.62. The van der Waals surface area contributed by atoms with Gasteiger partial charge in [-0.2, -0.15) is 0 Å². The number of nitrogens with one attached hydrogen (secondary N) is 1. The summed E-state index contributed by atoms with van der Waals surface area (Å²) in [4.78, 5) is 15.3. The highest BCUT2D eigenvalue weighted by Gasteiger charge is 2.27. The third kappa shape index (κ3) is 10.1. The Bertz CT molecular complexity index is 328. The number of ether oxygens (including phenoxy) is 1. The van der Waals surface area contributed by atoms with Crippen molar-refractivity contribution in [2.45, 2.75) is 97.4 Å². The maximum absolute atomic E-state index is 11.7. The van der Waals surface area contributed by atoms with Crippen molar-refractivity contribution in [2.24, 2.45) is 0 Å². The molecule has 1 atom stereocenters. The van der Waals surface area contributed by atoms with Crippen molar-refractivity contribution in [3.8, 4) is 0 Å². The summed E-state index contributed by atoms with van der Waals surface area (Å²) in [6, 6.07) is 0.721. The summed E-state index contributed by atoms with van der Waals surface area (Å²) in [6.07, 6.45) is 15.3. The van der Waals surface area contributed by atoms with Gasteiger partial charge in [-0.3, -0.25) is 4.90 Å². The maximum Gasteiger partial charge on any atom is 0.410 e. The molecule has 1 amide bonds. The van der Waals surface area contributed by atoms with Crippen molar-refractivity contribution in [1.82, 2.24) is 4.90 Å². The van der Waals surface area contributed by atoms with E-state index in [2.05, 4.69) is 13.8 Å². The average Bonchev–Trinajstić information content (AvgIpc) is 2.63. The van der Waals surface area contributed by atoms with Crippen LogP contribution in [0.2, 0.25) is 0 Å². The van der Waals surface area contributed by atoms with Gasteiger partial charge in [0.2, 0.25) is 0 Å². The van der Waals surface area contributed by atoms with Crippen LogP contribution >= 0.6 is 0 Å². The summed E-state index contributed by atoms with van der Waals surface area (Å²) >= 11 is 0. The minimum absolute atomic E-state index is 0.135. The quantitative estimate of drug-likeness (QED) is 0.506. The highest BCUT2D eigenvalue weighted by Crippen LogP contribution is 2.11. The molecule has 1 saturated heterocycles. The van der Waals surface area contributed by atoms with E-state index in [1.54, 1.807) is 4.90 Å². The normalized spacial score (nSPS) is 16.8. The van der Waals surface area contributed by atoms with Crippen LogP contribution in [0.5, 0.6) is 0 Å². The zero-order chi connectivity index (χ0) is 18.3. The number of hydrogen-bond acceptors (Lipinski definition) is 2. The lowest BCUT2D eigenvalue weighted by molar-refractivity contribution is -0.927. The average molecular weight is 356 g/mol. The van der Waals surface area contributed by atoms with Gasteiger partial charge in [-0.15, -0.1) is 0 Å². The van der Waals surface area contributed by atoms with Crippen LogP contribution in [0.4, 0.5) is 4.79 Å². The number of unbranched alkanes of at least 4 members (excludes halogenated alkanes) is 9. The van der Waals surface area contributed by atoms with Crippen LogP contribution in [0, 0.1) is 0 Å². The monoisotopic (exact) mass is 355 g/mol. The molecule has 0 aromatic heterocycles. The minimum atomic E-state index is -0.135. The molecule has 0 aliphatic carbocycles. The molecule has 4 nitrogen and oxygen atoms in total. The summed E-state index contributed by atoms with van der Waals surface area (Å²) < 4.78 is 5.09. The molecular weight excluding hydrogens is 312 g/mol. The first-order chi connectivity index (χ1) is 12.2. The lowest BCUT2D eigenvalue weighted by Gasteiger charge is -2.34. The number of amides is 1. The van der Waals surface area contributed by atoms with Crippen LogP contribution in [0.3, 0.4) is 0 Å². The predicted molar refractivity (Wildman–Crippen MR) is 105 cm³/mol. The van der Waals surface area contributed by atoms with Gasteiger partial charge in [0.1, 0.15) is 0 Å². The van der Waals surface area contributed by atoms with Crippen LogP contribution in [0.15, 0.2) is 0 Å². The summed E-state index contributed by atoms with van der Waals surface area (Å²) in [7, 11) is 0. The molecule has 1 rings (SSSR count). The van der Waals surface area contributed by atoms with Crippen LogP contribution in [-0.2, 0) is 4.74 Å². The van der Waals surface area contributed by atoms with Gasteiger partial charge in [0.25, 0.3) is 0 Å². The molecule has 1 aliphatic heterocycles. The Hall–Kier alpha value is -0.770. The Morgan fingerprint density at radius 2 is 1.44 bits per heavy atom. The molecule has 1 unspecified atom stereocenters. The van der Waals surface area contributed by atoms with E-state index in [1.807, 2.05) is 11.8 Å². The van der Waals surface area contributed by atoms with Gasteiger partial charge >= 0.3 is 6.09 Å². The second-order valence-electron chi connectivity index (χ2n) is 7.72. The molecule has 148 valence electrons. The molecule has 1 fully saturated rings. The number of rotatable bonds is 13. The van der Waals surface area contributed by atoms with Gasteiger partial charge in [-0.1, -0.05) is 64.7 Å². The van der Waals surface area contributed by atoms with Crippen molar-refractivity contribution >= 4 is 6.09 Å². The Labute approximate surface area is 156 Å². The van der Waals surface area contributed by atoms with Crippen LogP contribution in [0.25, 0.3) is 0 Å². The first-order valence-corrected chi connectivity index (χ1v) is 10.9. The van der Waals surface area contributed by atoms with E-state index in [4.69, 9.17) is 4.74 Å². The van der Waals surface area contributed by atoms with Crippen LogP contribution < -0.4 is 4.90 Å². The van der Waals surface area contributed by atoms with E-state index in [-0.39, 0.29) is 6.09 Å². The zero-order valence-corrected chi connectivity index (χ0v) is 17.2. The van der Waals surface area contributed by atoms with Crippen molar-refractivity contribution in [3.63, 3.8) is 0 Å². The van der Waals surface area contributed by atoms with Crippen molar-refractivity contribution < 1.29 is 14.4 Å². The second-order valence-corrected chi connectivity index (χ2v) is 7.72. The summed E-state index contributed by atoms with van der Waals surface area (Å²) in [5.41, 5.74) is 0. The molecular formula is C21H43N2O2+. The molecule has 0 saturated carbocycles. The largest absolute Gasteiger partial charge is 0.450 e. The highest BCUT2D eigenvalue weighted by molar-refractivity contribution is 5.67. The molecule has 1 aliphatic rings. The van der Waals surface area contributed by atoms with Crippen LogP contribution in [0.1, 0.15) is 91.4 Å². The number of hydrogen-bond donors (Lipinski definition) is 1. The second kappa shape index (κ2) is 14.4. The topological polar surface area (TPSA) is 34.0 Å². The fourth-order valence-electron chi connectivity index (χ4n) is 3.83. The molecule has 25 heavy (non-hydrogen) atoms. The van der Waals surface area contributed by atoms with Crippen molar-refractivity contribution in [3.05, 3.63) is 0 Å². The third-order valence-electron chi connectivity index (χ3n) is 5.62. The highest BCUT2D eigenvalue weighted by atomic mass is 16.6. The molecule has 4 heteroatoms. The van der Waals surface area contributed by atoms with Gasteiger partial charge < -0.3 is 9.64 Å². The smallest absolute Gasteiger partial charge is 0.410 e. The molecule has 0 bridgehead atoms. The summed E-state index contributed by atoms with van der Waals surface area (Å²) in [5.74, 6) is 0. The van der Waals surface area contributed by atoms with E-state index < -0.39 is 0 Å². The Kier molecular flexibility index (Phi) is 12.8. The van der Waals surface area contributed by atoms with E-state index in [9.17, 15) is 4.79 Å². The fourth-order valence-corrected chi connectivity index (χ4v) is 3.83. The molecule has 0 aromatic carbocycles. The fraction of sp³-hybridized carbons (Fsp3) is 0.952. The van der Waals surface area contributed by atoms with Gasteiger partial charge in [0.05, 0.1) is 38.8 Å². The summed E-state index contributed by atoms with van der Waals surface area (Å²) in [5, 5.41) is 0. The lowest BCUT2D eigenvalue weighted by Crippen LogP contribution is -3.17. The van der Waals surface area contributed by atoms with Crippen molar-refractivity contribution in [1.29, 1.82) is 0 Å². The van der Waals surface area contributed by atoms with E-state index in [1.165, 1.54) is 70.6 Å². The predicted octanol–water partition coefficient (Wildman–Crippen LogP) is 4.04. The Morgan fingerprint density at radius 3 is 1.96 bits per heavy atom. The SMILES string of the molecule is CCCCCCCCCCCCC(C)[NH+]1CCN(C(=O)OCC)CC1. The number of quaternary nitrogens is 1. The van der Waals surface area contributed by atoms with E-state index in [0.717, 1.165) is 32.2 Å². The summed E-state index contributed by atoms with van der Waals surface area (Å²) in [6.45, 7) is 10.8. The lowest BCUT2D eigenvalue weighted by atomic mass is 10.0. The number of carbonyl (C=O) groups is 1. The van der Waals surface area contributed by atoms with E-state index in [0.29, 0.717) is 6.61 Å². The Morgan fingerprint density at radius 1 is 0.920 bits per heavy atom.